The van der Waals surface area contributed by atoms with Crippen LogP contribution in [0.25, 0.3) is 0 Å². The molecule has 1 atom stereocenters. The lowest BCUT2D eigenvalue weighted by molar-refractivity contribution is 0.298. The van der Waals surface area contributed by atoms with Crippen LogP contribution >= 0.6 is 27.5 Å². The minimum atomic E-state index is -0.123. The van der Waals surface area contributed by atoms with Crippen molar-refractivity contribution >= 4 is 27.5 Å². The van der Waals surface area contributed by atoms with Crippen LogP contribution in [0, 0.1) is 17.2 Å². The van der Waals surface area contributed by atoms with Crippen molar-refractivity contribution in [2.24, 2.45) is 5.92 Å². The Morgan fingerprint density at radius 2 is 2.07 bits per heavy atom. The molecule has 0 aliphatic heterocycles. The van der Waals surface area contributed by atoms with Crippen molar-refractivity contribution in [1.82, 2.24) is 0 Å². The molecule has 80 valence electrons. The zero-order valence-electron chi connectivity index (χ0n) is 8.12. The Balaban J connectivity index is 2.32. The van der Waals surface area contributed by atoms with E-state index in [1.807, 2.05) is 24.3 Å². The fourth-order valence-corrected chi connectivity index (χ4v) is 1.51. The SMILES string of the molecule is N#CC(CCl)CCOc1ccc(Br)cc1. The topological polar surface area (TPSA) is 33.0 Å². The Morgan fingerprint density at radius 1 is 1.40 bits per heavy atom. The largest absolute Gasteiger partial charge is 0.494 e. The summed E-state index contributed by atoms with van der Waals surface area (Å²) in [7, 11) is 0. The zero-order valence-corrected chi connectivity index (χ0v) is 10.5. The third-order valence-electron chi connectivity index (χ3n) is 1.92. The first-order valence-electron chi connectivity index (χ1n) is 4.60. The molecule has 4 heteroatoms. The maximum Gasteiger partial charge on any atom is 0.119 e. The lowest BCUT2D eigenvalue weighted by atomic mass is 10.1. The smallest absolute Gasteiger partial charge is 0.119 e. The molecule has 0 fully saturated rings. The highest BCUT2D eigenvalue weighted by Crippen LogP contribution is 2.16. The van der Waals surface area contributed by atoms with Crippen molar-refractivity contribution in [3.8, 4) is 11.8 Å². The normalized spacial score (nSPS) is 11.8. The second-order valence-corrected chi connectivity index (χ2v) is 4.30. The van der Waals surface area contributed by atoms with Gasteiger partial charge in [-0.2, -0.15) is 5.26 Å². The molecule has 0 spiro atoms. The average molecular weight is 289 g/mol. The van der Waals surface area contributed by atoms with Gasteiger partial charge in [-0.05, 0) is 30.7 Å². The molecule has 2 nitrogen and oxygen atoms in total. The quantitative estimate of drug-likeness (QED) is 0.776. The summed E-state index contributed by atoms with van der Waals surface area (Å²) in [6.07, 6.45) is 0.663. The zero-order chi connectivity index (χ0) is 11.1. The summed E-state index contributed by atoms with van der Waals surface area (Å²) in [4.78, 5) is 0. The van der Waals surface area contributed by atoms with Gasteiger partial charge in [-0.3, -0.25) is 0 Å². The summed E-state index contributed by atoms with van der Waals surface area (Å²) >= 11 is 8.93. The Hall–Kier alpha value is -0.720. The lowest BCUT2D eigenvalue weighted by Crippen LogP contribution is -2.06. The number of benzene rings is 1. The van der Waals surface area contributed by atoms with Gasteiger partial charge in [0.05, 0.1) is 18.6 Å². The number of nitriles is 1. The van der Waals surface area contributed by atoms with E-state index in [-0.39, 0.29) is 5.92 Å². The van der Waals surface area contributed by atoms with Crippen LogP contribution < -0.4 is 4.74 Å². The number of rotatable bonds is 5. The Morgan fingerprint density at radius 3 is 2.60 bits per heavy atom. The summed E-state index contributed by atoms with van der Waals surface area (Å²) in [5.41, 5.74) is 0. The molecule has 1 aromatic rings. The Bertz CT molecular complexity index is 333. The molecule has 1 aromatic carbocycles. The second-order valence-electron chi connectivity index (χ2n) is 3.07. The van der Waals surface area contributed by atoms with E-state index in [0.29, 0.717) is 18.9 Å². The van der Waals surface area contributed by atoms with Crippen LogP contribution in [0.5, 0.6) is 5.75 Å². The number of nitrogens with zero attached hydrogens (tertiary/aromatic N) is 1. The summed E-state index contributed by atoms with van der Waals surface area (Å²) in [5.74, 6) is 1.05. The van der Waals surface area contributed by atoms with Crippen molar-refractivity contribution in [2.75, 3.05) is 12.5 Å². The first kappa shape index (κ1) is 12.4. The summed E-state index contributed by atoms with van der Waals surface area (Å²) in [6.45, 7) is 0.520. The Kier molecular flexibility index (Phi) is 5.52. The highest BCUT2D eigenvalue weighted by Gasteiger charge is 2.05. The van der Waals surface area contributed by atoms with Crippen molar-refractivity contribution in [1.29, 1.82) is 5.26 Å². The van der Waals surface area contributed by atoms with E-state index in [0.717, 1.165) is 10.2 Å². The predicted molar refractivity (Wildman–Crippen MR) is 64.1 cm³/mol. The van der Waals surface area contributed by atoms with Gasteiger partial charge in [-0.15, -0.1) is 11.6 Å². The number of halogens is 2. The van der Waals surface area contributed by atoms with Gasteiger partial charge in [0, 0.05) is 10.4 Å². The van der Waals surface area contributed by atoms with Crippen LogP contribution in [-0.2, 0) is 0 Å². The molecule has 0 saturated heterocycles. The van der Waals surface area contributed by atoms with Crippen LogP contribution in [0.4, 0.5) is 0 Å². The van der Waals surface area contributed by atoms with Gasteiger partial charge >= 0.3 is 0 Å². The minimum Gasteiger partial charge on any atom is -0.494 e. The van der Waals surface area contributed by atoms with E-state index in [4.69, 9.17) is 21.6 Å². The number of hydrogen-bond donors (Lipinski definition) is 0. The van der Waals surface area contributed by atoms with Gasteiger partial charge < -0.3 is 4.74 Å². The summed E-state index contributed by atoms with van der Waals surface area (Å²) < 4.78 is 6.48. The van der Waals surface area contributed by atoms with E-state index in [9.17, 15) is 0 Å². The van der Waals surface area contributed by atoms with Crippen LogP contribution in [-0.4, -0.2) is 12.5 Å². The molecule has 0 bridgehead atoms. The van der Waals surface area contributed by atoms with E-state index in [2.05, 4.69) is 22.0 Å². The first-order chi connectivity index (χ1) is 7.26. The predicted octanol–water partition coefficient (Wildman–Crippen LogP) is 3.60. The monoisotopic (exact) mass is 287 g/mol. The molecule has 1 rings (SSSR count). The van der Waals surface area contributed by atoms with Gasteiger partial charge in [0.25, 0.3) is 0 Å². The molecule has 0 aromatic heterocycles. The van der Waals surface area contributed by atoms with Crippen molar-refractivity contribution in [2.45, 2.75) is 6.42 Å². The fourth-order valence-electron chi connectivity index (χ4n) is 1.03. The molecule has 15 heavy (non-hydrogen) atoms. The molecule has 0 saturated carbocycles. The Labute approximate surface area is 103 Å². The molecule has 1 unspecified atom stereocenters. The molecule has 0 aliphatic carbocycles. The van der Waals surface area contributed by atoms with Crippen LogP contribution in [0.3, 0.4) is 0 Å². The number of hydrogen-bond acceptors (Lipinski definition) is 2. The van der Waals surface area contributed by atoms with Gasteiger partial charge in [-0.1, -0.05) is 15.9 Å². The van der Waals surface area contributed by atoms with Crippen LogP contribution in [0.1, 0.15) is 6.42 Å². The van der Waals surface area contributed by atoms with E-state index >= 15 is 0 Å². The van der Waals surface area contributed by atoms with E-state index < -0.39 is 0 Å². The minimum absolute atomic E-state index is 0.123. The summed E-state index contributed by atoms with van der Waals surface area (Å²) in [6, 6.07) is 9.72. The van der Waals surface area contributed by atoms with Gasteiger partial charge in [-0.25, -0.2) is 0 Å². The third kappa shape index (κ3) is 4.55. The summed E-state index contributed by atoms with van der Waals surface area (Å²) in [5, 5.41) is 8.66. The van der Waals surface area contributed by atoms with E-state index in [1.165, 1.54) is 0 Å². The molecule has 0 amide bonds. The van der Waals surface area contributed by atoms with Gasteiger partial charge in [0.2, 0.25) is 0 Å². The average Bonchev–Trinajstić information content (AvgIpc) is 2.27. The van der Waals surface area contributed by atoms with Crippen molar-refractivity contribution < 1.29 is 4.74 Å². The first-order valence-corrected chi connectivity index (χ1v) is 5.93. The third-order valence-corrected chi connectivity index (χ3v) is 2.82. The maximum atomic E-state index is 8.66. The van der Waals surface area contributed by atoms with Crippen LogP contribution in [0.2, 0.25) is 0 Å². The second kappa shape index (κ2) is 6.71. The maximum absolute atomic E-state index is 8.66. The molecule has 0 N–H and O–H groups in total. The van der Waals surface area contributed by atoms with Crippen LogP contribution in [0.15, 0.2) is 28.7 Å². The number of ether oxygens (including phenoxy) is 1. The van der Waals surface area contributed by atoms with Gasteiger partial charge in [0.15, 0.2) is 0 Å². The molecule has 0 heterocycles. The molecular weight excluding hydrogens is 277 g/mol. The van der Waals surface area contributed by atoms with Crippen molar-refractivity contribution in [3.05, 3.63) is 28.7 Å². The molecule has 0 radical (unpaired) electrons. The molecular formula is C11H11BrClNO. The van der Waals surface area contributed by atoms with Crippen molar-refractivity contribution in [3.63, 3.8) is 0 Å². The molecule has 0 aliphatic rings. The van der Waals surface area contributed by atoms with E-state index in [1.54, 1.807) is 0 Å². The van der Waals surface area contributed by atoms with Gasteiger partial charge in [0.1, 0.15) is 5.75 Å². The lowest BCUT2D eigenvalue weighted by Gasteiger charge is -2.07. The fraction of sp³-hybridized carbons (Fsp3) is 0.364. The number of alkyl halides is 1. The highest BCUT2D eigenvalue weighted by atomic mass is 79.9. The standard InChI is InChI=1S/C11H11BrClNO/c12-10-1-3-11(4-2-10)15-6-5-9(7-13)8-14/h1-4,9H,5-7H2. The highest BCUT2D eigenvalue weighted by molar-refractivity contribution is 9.10.